The van der Waals surface area contributed by atoms with E-state index in [9.17, 15) is 0 Å². The fraction of sp³-hybridized carbons (Fsp3) is 0.615. The smallest absolute Gasteiger partial charge is 0.169 e. The minimum absolute atomic E-state index is 0.693. The van der Waals surface area contributed by atoms with Crippen molar-refractivity contribution in [3.63, 3.8) is 0 Å². The van der Waals surface area contributed by atoms with Crippen LogP contribution in [0.3, 0.4) is 0 Å². The Morgan fingerprint density at radius 3 is 2.85 bits per heavy atom. The number of nitrogens with zero attached hydrogens (tertiary/aromatic N) is 1. The first kappa shape index (κ1) is 16.2. The molecule has 1 aliphatic heterocycles. The van der Waals surface area contributed by atoms with Crippen molar-refractivity contribution in [3.05, 3.63) is 20.8 Å². The first-order valence-corrected chi connectivity index (χ1v) is 8.80. The molecule has 1 aliphatic rings. The Kier molecular flexibility index (Phi) is 6.70. The van der Waals surface area contributed by atoms with E-state index in [2.05, 4.69) is 38.3 Å². The molecule has 0 radical (unpaired) electrons. The van der Waals surface area contributed by atoms with E-state index in [-0.39, 0.29) is 0 Å². The van der Waals surface area contributed by atoms with Gasteiger partial charge in [-0.1, -0.05) is 0 Å². The lowest BCUT2D eigenvalue weighted by Gasteiger charge is -2.33. The summed E-state index contributed by atoms with van der Waals surface area (Å²) in [6, 6.07) is 4.34. The highest BCUT2D eigenvalue weighted by Gasteiger charge is 2.21. The summed E-state index contributed by atoms with van der Waals surface area (Å²) in [5, 5.41) is 4.10. The lowest BCUT2D eigenvalue weighted by atomic mass is 10.3. The topological polar surface area (TPSA) is 28.9 Å². The monoisotopic (exact) mass is 378 g/mol. The molecule has 4 nitrogen and oxygen atoms in total. The molecule has 0 atom stereocenters. The third-order valence-corrected chi connectivity index (χ3v) is 5.42. The summed E-state index contributed by atoms with van der Waals surface area (Å²) in [6.45, 7) is 6.93. The van der Waals surface area contributed by atoms with Gasteiger partial charge in [-0.05, 0) is 40.3 Å². The van der Waals surface area contributed by atoms with Gasteiger partial charge in [-0.25, -0.2) is 0 Å². The Labute approximate surface area is 138 Å². The zero-order valence-corrected chi connectivity index (χ0v) is 14.9. The second-order valence-electron chi connectivity index (χ2n) is 4.84. The van der Waals surface area contributed by atoms with E-state index in [4.69, 9.17) is 17.0 Å². The molecule has 0 spiro atoms. The zero-order valence-electron chi connectivity index (χ0n) is 11.7. The molecule has 1 aromatic rings. The van der Waals surface area contributed by atoms with Crippen molar-refractivity contribution in [1.29, 1.82) is 0 Å². The number of halogens is 1. The van der Waals surface area contributed by atoms with Crippen LogP contribution in [0.4, 0.5) is 0 Å². The van der Waals surface area contributed by atoms with Crippen LogP contribution in [0.15, 0.2) is 15.9 Å². The van der Waals surface area contributed by atoms with Crippen LogP contribution >= 0.6 is 39.5 Å². The summed E-state index contributed by atoms with van der Waals surface area (Å²) < 4.78 is 6.23. The van der Waals surface area contributed by atoms with Crippen LogP contribution in [-0.4, -0.2) is 56.5 Å². The second-order valence-corrected chi connectivity index (χ2v) is 7.78. The number of methoxy groups -OCH3 is 1. The summed E-state index contributed by atoms with van der Waals surface area (Å²) in [4.78, 5) is 5.34. The number of thiocarbonyl (C=S) groups is 1. The summed E-state index contributed by atoms with van der Waals surface area (Å²) in [5.41, 5.74) is 0. The molecule has 0 saturated carbocycles. The third-order valence-electron chi connectivity index (χ3n) is 3.39. The van der Waals surface area contributed by atoms with Crippen molar-refractivity contribution in [3.8, 4) is 0 Å². The van der Waals surface area contributed by atoms with Crippen molar-refractivity contribution < 1.29 is 9.64 Å². The summed E-state index contributed by atoms with van der Waals surface area (Å²) in [5.74, 6) is 0. The van der Waals surface area contributed by atoms with Gasteiger partial charge < -0.3 is 19.9 Å². The SMILES string of the molecule is COCCNC(=S)N1CC[NH+](Cc2ccc(Br)s2)CC1. The molecule has 2 rings (SSSR count). The molecule has 0 aliphatic carbocycles. The fourth-order valence-corrected chi connectivity index (χ4v) is 4.11. The third kappa shape index (κ3) is 4.96. The number of hydrogen-bond acceptors (Lipinski definition) is 3. The van der Waals surface area contributed by atoms with Gasteiger partial charge in [0.25, 0.3) is 0 Å². The molecule has 7 heteroatoms. The predicted octanol–water partition coefficient (Wildman–Crippen LogP) is 0.732. The van der Waals surface area contributed by atoms with Gasteiger partial charge in [-0.2, -0.15) is 0 Å². The van der Waals surface area contributed by atoms with Gasteiger partial charge in [0.05, 0.1) is 41.4 Å². The maximum Gasteiger partial charge on any atom is 0.169 e. The van der Waals surface area contributed by atoms with E-state index in [1.54, 1.807) is 12.0 Å². The Balaban J connectivity index is 1.70. The average Bonchev–Trinajstić information content (AvgIpc) is 2.85. The molecule has 20 heavy (non-hydrogen) atoms. The lowest BCUT2D eigenvalue weighted by molar-refractivity contribution is -0.917. The minimum atomic E-state index is 0.693. The van der Waals surface area contributed by atoms with Crippen LogP contribution in [0, 0.1) is 0 Å². The number of ether oxygens (including phenoxy) is 1. The van der Waals surface area contributed by atoms with Crippen molar-refractivity contribution in [2.24, 2.45) is 0 Å². The molecule has 1 fully saturated rings. The molecule has 0 aromatic carbocycles. The van der Waals surface area contributed by atoms with Gasteiger partial charge >= 0.3 is 0 Å². The fourth-order valence-electron chi connectivity index (χ4n) is 2.27. The number of rotatable bonds is 5. The largest absolute Gasteiger partial charge is 0.383 e. The van der Waals surface area contributed by atoms with Gasteiger partial charge in [0, 0.05) is 13.7 Å². The normalized spacial score (nSPS) is 16.4. The predicted molar refractivity (Wildman–Crippen MR) is 90.5 cm³/mol. The van der Waals surface area contributed by atoms with Crippen LogP contribution in [0.1, 0.15) is 4.88 Å². The lowest BCUT2D eigenvalue weighted by Crippen LogP contribution is -3.13. The standard InChI is InChI=1S/C13H20BrN3OS2/c1-18-9-4-15-13(19)17-7-5-16(6-8-17)10-11-2-3-12(14)20-11/h2-3H,4-10H2,1H3,(H,15,19)/p+1. The van der Waals surface area contributed by atoms with Crippen LogP contribution in [0.5, 0.6) is 0 Å². The molecule has 1 aromatic heterocycles. The van der Waals surface area contributed by atoms with Crippen LogP contribution < -0.4 is 10.2 Å². The highest BCUT2D eigenvalue weighted by atomic mass is 79.9. The van der Waals surface area contributed by atoms with Gasteiger partial charge in [0.2, 0.25) is 0 Å². The molecule has 112 valence electrons. The Hall–Kier alpha value is -0.210. The number of piperazine rings is 1. The first-order valence-electron chi connectivity index (χ1n) is 6.78. The maximum atomic E-state index is 5.40. The van der Waals surface area contributed by atoms with Crippen LogP contribution in [0.25, 0.3) is 0 Å². The number of quaternary nitrogens is 1. The van der Waals surface area contributed by atoms with Crippen molar-refractivity contribution in [1.82, 2.24) is 10.2 Å². The van der Waals surface area contributed by atoms with Gasteiger partial charge in [0.15, 0.2) is 5.11 Å². The number of hydrogen-bond donors (Lipinski definition) is 2. The van der Waals surface area contributed by atoms with E-state index < -0.39 is 0 Å². The maximum absolute atomic E-state index is 5.40. The van der Waals surface area contributed by atoms with E-state index in [0.717, 1.165) is 44.4 Å². The van der Waals surface area contributed by atoms with Crippen molar-refractivity contribution in [2.75, 3.05) is 46.4 Å². The zero-order chi connectivity index (χ0) is 14.4. The Morgan fingerprint density at radius 1 is 1.50 bits per heavy atom. The van der Waals surface area contributed by atoms with E-state index in [1.807, 2.05) is 11.3 Å². The summed E-state index contributed by atoms with van der Waals surface area (Å²) in [6.07, 6.45) is 0. The molecule has 1 saturated heterocycles. The molecular formula is C13H21BrN3OS2+. The molecule has 2 heterocycles. The Bertz CT molecular complexity index is 433. The first-order chi connectivity index (χ1) is 9.69. The molecule has 0 bridgehead atoms. The number of thiophene rings is 1. The second kappa shape index (κ2) is 8.29. The minimum Gasteiger partial charge on any atom is -0.383 e. The van der Waals surface area contributed by atoms with Crippen LogP contribution in [0.2, 0.25) is 0 Å². The molecule has 2 N–H and O–H groups in total. The van der Waals surface area contributed by atoms with Crippen molar-refractivity contribution in [2.45, 2.75) is 6.54 Å². The summed E-state index contributed by atoms with van der Waals surface area (Å²) >= 11 is 10.8. The molecular weight excluding hydrogens is 358 g/mol. The van der Waals surface area contributed by atoms with Gasteiger partial charge in [-0.15, -0.1) is 11.3 Å². The highest BCUT2D eigenvalue weighted by molar-refractivity contribution is 9.11. The van der Waals surface area contributed by atoms with E-state index >= 15 is 0 Å². The molecule has 0 unspecified atom stereocenters. The van der Waals surface area contributed by atoms with E-state index in [0.29, 0.717) is 6.61 Å². The van der Waals surface area contributed by atoms with Gasteiger partial charge in [-0.3, -0.25) is 0 Å². The van der Waals surface area contributed by atoms with Gasteiger partial charge in [0.1, 0.15) is 6.54 Å². The summed E-state index contributed by atoms with van der Waals surface area (Å²) in [7, 11) is 1.70. The van der Waals surface area contributed by atoms with Crippen LogP contribution in [-0.2, 0) is 11.3 Å². The Morgan fingerprint density at radius 2 is 2.25 bits per heavy atom. The van der Waals surface area contributed by atoms with E-state index in [1.165, 1.54) is 8.66 Å². The highest BCUT2D eigenvalue weighted by Crippen LogP contribution is 2.21. The van der Waals surface area contributed by atoms with Crippen molar-refractivity contribution >= 4 is 44.6 Å². The molecule has 0 amide bonds. The quantitative estimate of drug-likeness (QED) is 0.583. The average molecular weight is 379 g/mol. The number of nitrogens with one attached hydrogen (secondary N) is 2.